The Hall–Kier alpha value is -2.64. The average molecular weight is 426 g/mol. The number of rotatable bonds is 7. The molecule has 7 heteroatoms. The fraction of sp³-hybridized carbons (Fsp3) is 0.348. The van der Waals surface area contributed by atoms with Gasteiger partial charge in [0.25, 0.3) is 0 Å². The Morgan fingerprint density at radius 1 is 1.10 bits per heavy atom. The standard InChI is InChI=1S/C23H27N3O3S/c1-26(16-23(27)24-14-13-17-7-3-2-4-8-17)30(28,29)18-11-12-22-20(15-18)19-9-5-6-10-21(19)25-22/h2-4,7-8,11-12,15,25H,5-6,9-10,13-14,16H2,1H3,(H,24,27). The van der Waals surface area contributed by atoms with Gasteiger partial charge in [0.2, 0.25) is 15.9 Å². The second-order valence-corrected chi connectivity index (χ2v) is 9.89. The number of hydrogen-bond acceptors (Lipinski definition) is 3. The summed E-state index contributed by atoms with van der Waals surface area (Å²) in [5, 5.41) is 3.78. The van der Waals surface area contributed by atoms with Crippen LogP contribution in [0.4, 0.5) is 0 Å². The molecule has 2 aromatic carbocycles. The zero-order valence-corrected chi connectivity index (χ0v) is 18.0. The Bertz CT molecular complexity index is 1150. The molecule has 0 bridgehead atoms. The van der Waals surface area contributed by atoms with Crippen LogP contribution in [0.25, 0.3) is 10.9 Å². The first-order chi connectivity index (χ1) is 14.4. The average Bonchev–Trinajstić information content (AvgIpc) is 3.12. The second kappa shape index (κ2) is 8.62. The first kappa shape index (κ1) is 20.6. The van der Waals surface area contributed by atoms with Crippen LogP contribution in [0.1, 0.15) is 29.7 Å². The minimum absolute atomic E-state index is 0.208. The van der Waals surface area contributed by atoms with Crippen LogP contribution in [0.5, 0.6) is 0 Å². The topological polar surface area (TPSA) is 82.3 Å². The number of hydrogen-bond donors (Lipinski definition) is 2. The van der Waals surface area contributed by atoms with E-state index in [1.54, 1.807) is 12.1 Å². The molecular formula is C23H27N3O3S. The van der Waals surface area contributed by atoms with Gasteiger partial charge in [-0.05, 0) is 61.4 Å². The number of H-pyrrole nitrogens is 1. The Morgan fingerprint density at radius 2 is 1.87 bits per heavy atom. The Labute approximate surface area is 177 Å². The van der Waals surface area contributed by atoms with E-state index in [9.17, 15) is 13.2 Å². The zero-order chi connectivity index (χ0) is 21.1. The van der Waals surface area contributed by atoms with Crippen molar-refractivity contribution in [1.82, 2.24) is 14.6 Å². The SMILES string of the molecule is CN(CC(=O)NCCc1ccccc1)S(=O)(=O)c1ccc2[nH]c3c(c2c1)CCCC3. The first-order valence-electron chi connectivity index (χ1n) is 10.4. The maximum absolute atomic E-state index is 13.0. The Balaban J connectivity index is 1.42. The molecule has 1 heterocycles. The van der Waals surface area contributed by atoms with Crippen LogP contribution in [-0.2, 0) is 34.1 Å². The van der Waals surface area contributed by atoms with Gasteiger partial charge in [0, 0.05) is 30.2 Å². The number of aromatic nitrogens is 1. The highest BCUT2D eigenvalue weighted by atomic mass is 32.2. The normalized spacial score (nSPS) is 14.1. The van der Waals surface area contributed by atoms with Crippen LogP contribution in [0.15, 0.2) is 53.4 Å². The number of nitrogens with zero attached hydrogens (tertiary/aromatic N) is 1. The van der Waals surface area contributed by atoms with E-state index in [1.165, 1.54) is 18.3 Å². The molecule has 1 aliphatic rings. The fourth-order valence-corrected chi connectivity index (χ4v) is 5.21. The third kappa shape index (κ3) is 4.27. The van der Waals surface area contributed by atoms with E-state index in [-0.39, 0.29) is 17.3 Å². The largest absolute Gasteiger partial charge is 0.358 e. The van der Waals surface area contributed by atoms with Crippen molar-refractivity contribution in [2.75, 3.05) is 20.1 Å². The van der Waals surface area contributed by atoms with E-state index in [4.69, 9.17) is 0 Å². The van der Waals surface area contributed by atoms with Gasteiger partial charge in [-0.1, -0.05) is 30.3 Å². The summed E-state index contributed by atoms with van der Waals surface area (Å²) >= 11 is 0. The van der Waals surface area contributed by atoms with Gasteiger partial charge >= 0.3 is 0 Å². The van der Waals surface area contributed by atoms with Gasteiger partial charge in [-0.25, -0.2) is 8.42 Å². The van der Waals surface area contributed by atoms with E-state index >= 15 is 0 Å². The molecule has 0 saturated carbocycles. The van der Waals surface area contributed by atoms with Crippen molar-refractivity contribution >= 4 is 26.8 Å². The summed E-state index contributed by atoms with van der Waals surface area (Å²) in [6.45, 7) is 0.262. The van der Waals surface area contributed by atoms with E-state index in [0.717, 1.165) is 46.5 Å². The molecule has 30 heavy (non-hydrogen) atoms. The van der Waals surface area contributed by atoms with Crippen LogP contribution in [0.3, 0.4) is 0 Å². The van der Waals surface area contributed by atoms with E-state index in [1.807, 2.05) is 36.4 Å². The number of aromatic amines is 1. The monoisotopic (exact) mass is 425 g/mol. The van der Waals surface area contributed by atoms with E-state index in [2.05, 4.69) is 10.3 Å². The van der Waals surface area contributed by atoms with E-state index in [0.29, 0.717) is 13.0 Å². The second-order valence-electron chi connectivity index (χ2n) is 7.84. The molecule has 0 spiro atoms. The molecule has 6 nitrogen and oxygen atoms in total. The van der Waals surface area contributed by atoms with E-state index < -0.39 is 10.0 Å². The highest BCUT2D eigenvalue weighted by molar-refractivity contribution is 7.89. The lowest BCUT2D eigenvalue weighted by Crippen LogP contribution is -2.39. The number of sulfonamides is 1. The highest BCUT2D eigenvalue weighted by Crippen LogP contribution is 2.31. The van der Waals surface area contributed by atoms with Crippen molar-refractivity contribution in [1.29, 1.82) is 0 Å². The van der Waals surface area contributed by atoms with Crippen LogP contribution >= 0.6 is 0 Å². The van der Waals surface area contributed by atoms with Gasteiger partial charge in [-0.15, -0.1) is 0 Å². The lowest BCUT2D eigenvalue weighted by atomic mass is 9.96. The van der Waals surface area contributed by atoms with Crippen molar-refractivity contribution < 1.29 is 13.2 Å². The van der Waals surface area contributed by atoms with Crippen molar-refractivity contribution in [2.45, 2.75) is 37.0 Å². The maximum Gasteiger partial charge on any atom is 0.243 e. The number of fused-ring (bicyclic) bond motifs is 3. The molecule has 2 N–H and O–H groups in total. The summed E-state index contributed by atoms with van der Waals surface area (Å²) in [6.07, 6.45) is 4.97. The predicted molar refractivity (Wildman–Crippen MR) is 118 cm³/mol. The van der Waals surface area contributed by atoms with Crippen molar-refractivity contribution in [3.05, 3.63) is 65.4 Å². The first-order valence-corrected chi connectivity index (χ1v) is 11.8. The van der Waals surface area contributed by atoms with Gasteiger partial charge < -0.3 is 10.3 Å². The predicted octanol–water partition coefficient (Wildman–Crippen LogP) is 3.03. The van der Waals surface area contributed by atoms with Crippen LogP contribution in [-0.4, -0.2) is 43.8 Å². The number of likely N-dealkylation sites (N-methyl/N-ethyl adjacent to an activating group) is 1. The third-order valence-corrected chi connectivity index (χ3v) is 7.52. The molecule has 0 atom stereocenters. The van der Waals surface area contributed by atoms with Gasteiger partial charge in [0.1, 0.15) is 0 Å². The molecular weight excluding hydrogens is 398 g/mol. The van der Waals surface area contributed by atoms with Crippen LogP contribution < -0.4 is 5.32 Å². The number of aryl methyl sites for hydroxylation is 2. The van der Waals surface area contributed by atoms with Gasteiger partial charge in [0.15, 0.2) is 0 Å². The van der Waals surface area contributed by atoms with Crippen molar-refractivity contribution in [3.8, 4) is 0 Å². The zero-order valence-electron chi connectivity index (χ0n) is 17.1. The number of nitrogens with one attached hydrogen (secondary N) is 2. The molecule has 0 unspecified atom stereocenters. The summed E-state index contributed by atoms with van der Waals surface area (Å²) in [4.78, 5) is 15.9. The summed E-state index contributed by atoms with van der Waals surface area (Å²) < 4.78 is 27.2. The number of benzene rings is 2. The van der Waals surface area contributed by atoms with Crippen molar-refractivity contribution in [2.24, 2.45) is 0 Å². The fourth-order valence-electron chi connectivity index (χ4n) is 4.06. The molecule has 0 aliphatic heterocycles. The lowest BCUT2D eigenvalue weighted by Gasteiger charge is -2.17. The molecule has 1 aliphatic carbocycles. The van der Waals surface area contributed by atoms with Crippen molar-refractivity contribution in [3.63, 3.8) is 0 Å². The number of carbonyl (C=O) groups excluding carboxylic acids is 1. The molecule has 1 aromatic heterocycles. The maximum atomic E-state index is 13.0. The van der Waals surface area contributed by atoms with Gasteiger partial charge in [-0.3, -0.25) is 4.79 Å². The smallest absolute Gasteiger partial charge is 0.243 e. The quantitative estimate of drug-likeness (QED) is 0.610. The minimum atomic E-state index is -3.75. The summed E-state index contributed by atoms with van der Waals surface area (Å²) in [5.41, 5.74) is 4.55. The molecule has 0 fully saturated rings. The highest BCUT2D eigenvalue weighted by Gasteiger charge is 2.24. The lowest BCUT2D eigenvalue weighted by molar-refractivity contribution is -0.121. The van der Waals surface area contributed by atoms with Gasteiger partial charge in [0.05, 0.1) is 11.4 Å². The van der Waals surface area contributed by atoms with Crippen LogP contribution in [0, 0.1) is 0 Å². The number of amides is 1. The molecule has 3 aromatic rings. The summed E-state index contributed by atoms with van der Waals surface area (Å²) in [6, 6.07) is 15.0. The Morgan fingerprint density at radius 3 is 2.67 bits per heavy atom. The molecule has 1 amide bonds. The minimum Gasteiger partial charge on any atom is -0.358 e. The summed E-state index contributed by atoms with van der Waals surface area (Å²) in [7, 11) is -2.30. The number of carbonyl (C=O) groups is 1. The molecule has 0 saturated heterocycles. The summed E-state index contributed by atoms with van der Waals surface area (Å²) in [5.74, 6) is -0.308. The molecule has 0 radical (unpaired) electrons. The molecule has 4 rings (SSSR count). The van der Waals surface area contributed by atoms with Crippen LogP contribution in [0.2, 0.25) is 0 Å². The Kier molecular flexibility index (Phi) is 5.92. The van der Waals surface area contributed by atoms with Gasteiger partial charge in [-0.2, -0.15) is 4.31 Å². The third-order valence-electron chi connectivity index (χ3n) is 5.72. The molecule has 158 valence electrons.